The van der Waals surface area contributed by atoms with Gasteiger partial charge in [-0.2, -0.15) is 0 Å². The maximum Gasteiger partial charge on any atom is 0.248 e. The van der Waals surface area contributed by atoms with Crippen molar-refractivity contribution in [1.82, 2.24) is 10.3 Å². The first kappa shape index (κ1) is 19.4. The standard InChI is InChI=1S/C20H31N3O2/c1-13(2)12-17(20(25)23-18-7-5-6-15(4)21-18)22-19(24)16-10-8-14(3)9-11-16/h5-7,13-14,16-17H,8-12H2,1-4H3,(H,22,24)(H,21,23,25)/t14?,16?,17-/m0/s1. The monoisotopic (exact) mass is 345 g/mol. The Labute approximate surface area is 151 Å². The van der Waals surface area contributed by atoms with Crippen LogP contribution in [0.25, 0.3) is 0 Å². The van der Waals surface area contributed by atoms with Crippen LogP contribution in [0, 0.1) is 24.7 Å². The fourth-order valence-electron chi connectivity index (χ4n) is 3.34. The zero-order valence-electron chi connectivity index (χ0n) is 15.8. The van der Waals surface area contributed by atoms with Gasteiger partial charge < -0.3 is 10.6 Å². The molecule has 1 saturated carbocycles. The van der Waals surface area contributed by atoms with Crippen LogP contribution >= 0.6 is 0 Å². The number of hydrogen-bond donors (Lipinski definition) is 2. The molecule has 0 spiro atoms. The van der Waals surface area contributed by atoms with Crippen molar-refractivity contribution < 1.29 is 9.59 Å². The third-order valence-corrected chi connectivity index (χ3v) is 4.87. The molecule has 0 aromatic carbocycles. The summed E-state index contributed by atoms with van der Waals surface area (Å²) in [6.07, 6.45) is 4.64. The average Bonchev–Trinajstić information content (AvgIpc) is 2.54. The van der Waals surface area contributed by atoms with Crippen LogP contribution in [0.15, 0.2) is 18.2 Å². The highest BCUT2D eigenvalue weighted by atomic mass is 16.2. The molecule has 25 heavy (non-hydrogen) atoms. The van der Waals surface area contributed by atoms with Gasteiger partial charge in [-0.25, -0.2) is 4.98 Å². The van der Waals surface area contributed by atoms with E-state index in [4.69, 9.17) is 0 Å². The minimum Gasteiger partial charge on any atom is -0.344 e. The molecule has 2 amide bonds. The highest BCUT2D eigenvalue weighted by molar-refractivity contribution is 5.96. The van der Waals surface area contributed by atoms with Gasteiger partial charge in [-0.1, -0.05) is 26.8 Å². The minimum absolute atomic E-state index is 0.0184. The van der Waals surface area contributed by atoms with Crippen molar-refractivity contribution in [2.75, 3.05) is 5.32 Å². The second kappa shape index (κ2) is 8.97. The smallest absolute Gasteiger partial charge is 0.248 e. The summed E-state index contributed by atoms with van der Waals surface area (Å²) < 4.78 is 0. The van der Waals surface area contributed by atoms with Crippen LogP contribution < -0.4 is 10.6 Å². The molecule has 1 heterocycles. The Morgan fingerprint density at radius 3 is 2.48 bits per heavy atom. The van der Waals surface area contributed by atoms with E-state index in [1.54, 1.807) is 6.07 Å². The van der Waals surface area contributed by atoms with Crippen LogP contribution in [-0.4, -0.2) is 22.8 Å². The molecular formula is C20H31N3O2. The van der Waals surface area contributed by atoms with Crippen molar-refractivity contribution in [3.63, 3.8) is 0 Å². The van der Waals surface area contributed by atoms with Gasteiger partial charge >= 0.3 is 0 Å². The van der Waals surface area contributed by atoms with Crippen LogP contribution in [0.4, 0.5) is 5.82 Å². The van der Waals surface area contributed by atoms with Crippen molar-refractivity contribution in [2.24, 2.45) is 17.8 Å². The first-order valence-electron chi connectivity index (χ1n) is 9.40. The molecule has 0 bridgehead atoms. The Morgan fingerprint density at radius 1 is 1.20 bits per heavy atom. The summed E-state index contributed by atoms with van der Waals surface area (Å²) in [5, 5.41) is 5.83. The van der Waals surface area contributed by atoms with Crippen molar-refractivity contribution >= 4 is 17.6 Å². The second-order valence-corrected chi connectivity index (χ2v) is 7.80. The summed E-state index contributed by atoms with van der Waals surface area (Å²) in [4.78, 5) is 29.6. The molecule has 1 aromatic rings. The molecule has 1 atom stereocenters. The molecule has 1 aromatic heterocycles. The number of carbonyl (C=O) groups is 2. The molecule has 2 N–H and O–H groups in total. The Bertz CT molecular complexity index is 592. The maximum atomic E-state index is 12.7. The number of carbonyl (C=O) groups excluding carboxylic acids is 2. The molecule has 1 aliphatic rings. The Kier molecular flexibility index (Phi) is 6.97. The lowest BCUT2D eigenvalue weighted by Gasteiger charge is -2.27. The van der Waals surface area contributed by atoms with Crippen LogP contribution in [0.3, 0.4) is 0 Å². The van der Waals surface area contributed by atoms with E-state index in [0.717, 1.165) is 31.4 Å². The summed E-state index contributed by atoms with van der Waals surface area (Å²) in [6.45, 7) is 8.23. The number of anilines is 1. The second-order valence-electron chi connectivity index (χ2n) is 7.80. The lowest BCUT2D eigenvalue weighted by molar-refractivity contribution is -0.130. The van der Waals surface area contributed by atoms with Crippen LogP contribution in [0.5, 0.6) is 0 Å². The van der Waals surface area contributed by atoms with Gasteiger partial charge in [0.05, 0.1) is 0 Å². The van der Waals surface area contributed by atoms with Crippen LogP contribution in [0.2, 0.25) is 0 Å². The van der Waals surface area contributed by atoms with Gasteiger partial charge in [0.1, 0.15) is 11.9 Å². The van der Waals surface area contributed by atoms with Gasteiger partial charge in [-0.05, 0) is 63.0 Å². The molecular weight excluding hydrogens is 314 g/mol. The third kappa shape index (κ3) is 6.15. The number of rotatable bonds is 6. The summed E-state index contributed by atoms with van der Waals surface area (Å²) in [5.74, 6) is 1.41. The summed E-state index contributed by atoms with van der Waals surface area (Å²) in [5.41, 5.74) is 0.846. The molecule has 1 aliphatic carbocycles. The molecule has 2 rings (SSSR count). The van der Waals surface area contributed by atoms with Gasteiger partial charge in [0, 0.05) is 11.6 Å². The molecule has 0 saturated heterocycles. The van der Waals surface area contributed by atoms with Crippen molar-refractivity contribution in [3.05, 3.63) is 23.9 Å². The van der Waals surface area contributed by atoms with Crippen LogP contribution in [0.1, 0.15) is 58.6 Å². The number of hydrogen-bond acceptors (Lipinski definition) is 3. The summed E-state index contributed by atoms with van der Waals surface area (Å²) in [6, 6.07) is 4.99. The first-order chi connectivity index (χ1) is 11.8. The van der Waals surface area contributed by atoms with E-state index in [1.807, 2.05) is 19.1 Å². The quantitative estimate of drug-likeness (QED) is 0.826. The number of aryl methyl sites for hydroxylation is 1. The molecule has 138 valence electrons. The third-order valence-electron chi connectivity index (χ3n) is 4.87. The molecule has 0 unspecified atom stereocenters. The first-order valence-corrected chi connectivity index (χ1v) is 9.40. The Morgan fingerprint density at radius 2 is 1.88 bits per heavy atom. The van der Waals surface area contributed by atoms with Crippen molar-refractivity contribution in [3.8, 4) is 0 Å². The van der Waals surface area contributed by atoms with Crippen molar-refractivity contribution in [1.29, 1.82) is 0 Å². The largest absolute Gasteiger partial charge is 0.344 e. The SMILES string of the molecule is Cc1cccc(NC(=O)[C@H](CC(C)C)NC(=O)C2CCC(C)CC2)n1. The minimum atomic E-state index is -0.519. The van der Waals surface area contributed by atoms with Crippen LogP contribution in [-0.2, 0) is 9.59 Å². The van der Waals surface area contributed by atoms with Gasteiger partial charge in [-0.3, -0.25) is 9.59 Å². The Balaban J connectivity index is 1.99. The summed E-state index contributed by atoms with van der Waals surface area (Å²) >= 11 is 0. The number of aromatic nitrogens is 1. The van der Waals surface area contributed by atoms with Gasteiger partial charge in [0.15, 0.2) is 0 Å². The van der Waals surface area contributed by atoms with E-state index in [2.05, 4.69) is 36.4 Å². The summed E-state index contributed by atoms with van der Waals surface area (Å²) in [7, 11) is 0. The molecule has 5 heteroatoms. The van der Waals surface area contributed by atoms with Gasteiger partial charge in [-0.15, -0.1) is 0 Å². The van der Waals surface area contributed by atoms with Gasteiger partial charge in [0.2, 0.25) is 11.8 Å². The number of pyridine rings is 1. The molecule has 1 fully saturated rings. The molecule has 5 nitrogen and oxygen atoms in total. The Hall–Kier alpha value is -1.91. The molecule has 0 aliphatic heterocycles. The van der Waals surface area contributed by atoms with Gasteiger partial charge in [0.25, 0.3) is 0 Å². The highest BCUT2D eigenvalue weighted by Crippen LogP contribution is 2.28. The lowest BCUT2D eigenvalue weighted by atomic mass is 9.82. The van der Waals surface area contributed by atoms with E-state index < -0.39 is 6.04 Å². The number of nitrogens with zero attached hydrogens (tertiary/aromatic N) is 1. The van der Waals surface area contributed by atoms with E-state index in [-0.39, 0.29) is 17.7 Å². The zero-order chi connectivity index (χ0) is 18.4. The normalized spacial score (nSPS) is 21.6. The predicted molar refractivity (Wildman–Crippen MR) is 100 cm³/mol. The topological polar surface area (TPSA) is 71.1 Å². The van der Waals surface area contributed by atoms with E-state index in [1.165, 1.54) is 0 Å². The fraction of sp³-hybridized carbons (Fsp3) is 0.650. The molecule has 0 radical (unpaired) electrons. The fourth-order valence-corrected chi connectivity index (χ4v) is 3.34. The average molecular weight is 345 g/mol. The predicted octanol–water partition coefficient (Wildman–Crippen LogP) is 3.69. The van der Waals surface area contributed by atoms with Crippen molar-refractivity contribution in [2.45, 2.75) is 65.8 Å². The number of nitrogens with one attached hydrogen (secondary N) is 2. The zero-order valence-corrected chi connectivity index (χ0v) is 15.8. The van der Waals surface area contributed by atoms with E-state index >= 15 is 0 Å². The van der Waals surface area contributed by atoms with E-state index in [9.17, 15) is 9.59 Å². The highest BCUT2D eigenvalue weighted by Gasteiger charge is 2.28. The lowest BCUT2D eigenvalue weighted by Crippen LogP contribution is -2.47. The number of amides is 2. The maximum absolute atomic E-state index is 12.7. The van der Waals surface area contributed by atoms with E-state index in [0.29, 0.717) is 24.1 Å².